The second-order valence-electron chi connectivity index (χ2n) is 9.25. The van der Waals surface area contributed by atoms with Crippen LogP contribution in [0.1, 0.15) is 69.9 Å². The van der Waals surface area contributed by atoms with Crippen LogP contribution in [0, 0.1) is 11.3 Å². The van der Waals surface area contributed by atoms with E-state index in [2.05, 4.69) is 15.6 Å². The summed E-state index contributed by atoms with van der Waals surface area (Å²) in [5.74, 6) is 0.986. The predicted octanol–water partition coefficient (Wildman–Crippen LogP) is 2.28. The van der Waals surface area contributed by atoms with Crippen LogP contribution in [-0.2, 0) is 27.5 Å². The molecule has 8 nitrogen and oxygen atoms in total. The van der Waals surface area contributed by atoms with Crippen molar-refractivity contribution in [3.63, 3.8) is 0 Å². The molecule has 166 valence electrons. The number of aryl methyl sites for hydroxylation is 1. The maximum Gasteiger partial charge on any atom is 0.226 e. The first kappa shape index (κ1) is 21.3. The molecule has 0 atom stereocenters. The Morgan fingerprint density at radius 3 is 2.73 bits per heavy atom. The fraction of sp³-hybridized carbons (Fsp3) is 0.818. The van der Waals surface area contributed by atoms with E-state index in [1.165, 1.54) is 25.7 Å². The number of nitrogens with zero attached hydrogens (tertiary/aromatic N) is 4. The van der Waals surface area contributed by atoms with Crippen LogP contribution in [-0.4, -0.2) is 57.9 Å². The van der Waals surface area contributed by atoms with Crippen molar-refractivity contribution in [1.29, 1.82) is 0 Å². The number of carbonyl (C=O) groups is 2. The number of hydrogen-bond donors (Lipinski definition) is 1. The van der Waals surface area contributed by atoms with Crippen LogP contribution in [0.3, 0.4) is 0 Å². The fourth-order valence-electron chi connectivity index (χ4n) is 5.22. The zero-order chi connectivity index (χ0) is 20.8. The molecule has 0 aromatic carbocycles. The van der Waals surface area contributed by atoms with Gasteiger partial charge in [0.05, 0.1) is 24.8 Å². The van der Waals surface area contributed by atoms with Crippen LogP contribution >= 0.6 is 0 Å². The molecule has 1 spiro atoms. The molecule has 8 heteroatoms. The van der Waals surface area contributed by atoms with Gasteiger partial charge in [0, 0.05) is 32.6 Å². The molecule has 1 aliphatic carbocycles. The number of amides is 2. The summed E-state index contributed by atoms with van der Waals surface area (Å²) in [5, 5.41) is 11.4. The number of piperidine rings is 1. The lowest BCUT2D eigenvalue weighted by Crippen LogP contribution is -2.50. The van der Waals surface area contributed by atoms with Crippen LogP contribution in [0.4, 0.5) is 0 Å². The molecule has 2 bridgehead atoms. The topological polar surface area (TPSA) is 89.3 Å². The first-order valence-corrected chi connectivity index (χ1v) is 11.7. The Morgan fingerprint density at radius 1 is 1.13 bits per heavy atom. The number of fused-ring (bicyclic) bond motifs is 2. The highest BCUT2D eigenvalue weighted by molar-refractivity contribution is 5.83. The molecule has 2 fully saturated rings. The maximum atomic E-state index is 13.1. The van der Waals surface area contributed by atoms with Crippen molar-refractivity contribution in [2.24, 2.45) is 11.3 Å². The fourth-order valence-corrected chi connectivity index (χ4v) is 5.22. The minimum Gasteiger partial charge on any atom is -0.373 e. The van der Waals surface area contributed by atoms with E-state index in [1.807, 2.05) is 15.8 Å². The lowest BCUT2D eigenvalue weighted by atomic mass is 9.73. The zero-order valence-electron chi connectivity index (χ0n) is 18.0. The number of ether oxygens (including phenoxy) is 1. The highest BCUT2D eigenvalue weighted by atomic mass is 16.5. The summed E-state index contributed by atoms with van der Waals surface area (Å²) in [4.78, 5) is 27.9. The van der Waals surface area contributed by atoms with Gasteiger partial charge in [0.25, 0.3) is 0 Å². The highest BCUT2D eigenvalue weighted by Gasteiger charge is 2.41. The van der Waals surface area contributed by atoms with Gasteiger partial charge >= 0.3 is 0 Å². The van der Waals surface area contributed by atoms with Crippen molar-refractivity contribution in [3.05, 3.63) is 11.9 Å². The summed E-state index contributed by atoms with van der Waals surface area (Å²) in [6, 6.07) is 0. The predicted molar refractivity (Wildman–Crippen MR) is 111 cm³/mol. The van der Waals surface area contributed by atoms with E-state index >= 15 is 0 Å². The second-order valence-corrected chi connectivity index (χ2v) is 9.25. The van der Waals surface area contributed by atoms with Gasteiger partial charge in [-0.1, -0.05) is 24.5 Å². The first-order valence-electron chi connectivity index (χ1n) is 11.7. The molecule has 4 rings (SSSR count). The standard InChI is InChI=1S/C22H35N5O3/c28-20(15-18-5-1-2-6-18)26-12-8-22(9-13-26)7-3-4-11-27-16-19(24-25-27)17-30-14-10-23-21(22)29/h16,18H,1-15,17H2,(H,23,29). The average molecular weight is 418 g/mol. The van der Waals surface area contributed by atoms with Gasteiger partial charge < -0.3 is 15.0 Å². The van der Waals surface area contributed by atoms with Gasteiger partial charge in [0.2, 0.25) is 11.8 Å². The molecule has 1 saturated heterocycles. The van der Waals surface area contributed by atoms with E-state index in [0.29, 0.717) is 45.2 Å². The van der Waals surface area contributed by atoms with E-state index in [0.717, 1.165) is 44.3 Å². The lowest BCUT2D eigenvalue weighted by molar-refractivity contribution is -0.141. The number of rotatable bonds is 2. The Hall–Kier alpha value is -1.96. The smallest absolute Gasteiger partial charge is 0.226 e. The molecular formula is C22H35N5O3. The van der Waals surface area contributed by atoms with Gasteiger partial charge in [-0.25, -0.2) is 0 Å². The molecular weight excluding hydrogens is 382 g/mol. The third kappa shape index (κ3) is 5.20. The monoisotopic (exact) mass is 417 g/mol. The van der Waals surface area contributed by atoms with Crippen molar-refractivity contribution in [1.82, 2.24) is 25.2 Å². The van der Waals surface area contributed by atoms with Gasteiger partial charge in [0.15, 0.2) is 0 Å². The Morgan fingerprint density at radius 2 is 1.93 bits per heavy atom. The quantitative estimate of drug-likeness (QED) is 0.797. The molecule has 3 heterocycles. The van der Waals surface area contributed by atoms with E-state index in [4.69, 9.17) is 4.74 Å². The highest BCUT2D eigenvalue weighted by Crippen LogP contribution is 2.38. The Kier molecular flexibility index (Phi) is 7.02. The van der Waals surface area contributed by atoms with Crippen molar-refractivity contribution >= 4 is 11.8 Å². The third-order valence-corrected chi connectivity index (χ3v) is 7.15. The van der Waals surface area contributed by atoms with Gasteiger partial charge in [-0.3, -0.25) is 14.3 Å². The molecule has 1 saturated carbocycles. The maximum absolute atomic E-state index is 13.1. The molecule has 2 aliphatic heterocycles. The Labute approximate surface area is 178 Å². The van der Waals surface area contributed by atoms with E-state index in [1.54, 1.807) is 0 Å². The average Bonchev–Trinajstić information content (AvgIpc) is 3.43. The minimum atomic E-state index is -0.373. The molecule has 0 unspecified atom stereocenters. The van der Waals surface area contributed by atoms with Gasteiger partial charge in [0.1, 0.15) is 5.69 Å². The second kappa shape index (κ2) is 9.90. The van der Waals surface area contributed by atoms with Crippen molar-refractivity contribution < 1.29 is 14.3 Å². The zero-order valence-corrected chi connectivity index (χ0v) is 18.0. The van der Waals surface area contributed by atoms with Crippen LogP contribution in [0.5, 0.6) is 0 Å². The summed E-state index contributed by atoms with van der Waals surface area (Å²) >= 11 is 0. The molecule has 30 heavy (non-hydrogen) atoms. The van der Waals surface area contributed by atoms with Crippen LogP contribution in [0.2, 0.25) is 0 Å². The van der Waals surface area contributed by atoms with Crippen molar-refractivity contribution in [2.75, 3.05) is 26.2 Å². The molecule has 1 aromatic heterocycles. The summed E-state index contributed by atoms with van der Waals surface area (Å²) in [6.07, 6.45) is 11.8. The SMILES string of the molecule is O=C(CC1CCCC1)N1CCC2(CCCCn3cc(nn3)COCCNC2=O)CC1. The lowest BCUT2D eigenvalue weighted by Gasteiger charge is -2.41. The van der Waals surface area contributed by atoms with Gasteiger partial charge in [-0.05, 0) is 44.4 Å². The largest absolute Gasteiger partial charge is 0.373 e. The number of nitrogens with one attached hydrogen (secondary N) is 1. The molecule has 1 N–H and O–H groups in total. The van der Waals surface area contributed by atoms with Crippen molar-refractivity contribution in [3.8, 4) is 0 Å². The number of likely N-dealkylation sites (tertiary alicyclic amines) is 1. The molecule has 1 aromatic rings. The molecule has 2 amide bonds. The number of carbonyl (C=O) groups excluding carboxylic acids is 2. The van der Waals surface area contributed by atoms with Crippen LogP contribution in [0.25, 0.3) is 0 Å². The van der Waals surface area contributed by atoms with Gasteiger partial charge in [-0.15, -0.1) is 5.10 Å². The van der Waals surface area contributed by atoms with Crippen LogP contribution < -0.4 is 5.32 Å². The summed E-state index contributed by atoms with van der Waals surface area (Å²) in [6.45, 7) is 3.57. The summed E-state index contributed by atoms with van der Waals surface area (Å²) < 4.78 is 7.49. The van der Waals surface area contributed by atoms with Gasteiger partial charge in [-0.2, -0.15) is 0 Å². The third-order valence-electron chi connectivity index (χ3n) is 7.15. The van der Waals surface area contributed by atoms with E-state index in [9.17, 15) is 9.59 Å². The Balaban J connectivity index is 1.34. The molecule has 3 aliphatic rings. The van der Waals surface area contributed by atoms with E-state index < -0.39 is 0 Å². The number of aromatic nitrogens is 3. The molecule has 0 radical (unpaired) electrons. The van der Waals surface area contributed by atoms with Crippen molar-refractivity contribution in [2.45, 2.75) is 77.4 Å². The normalized spacial score (nSPS) is 23.9. The summed E-state index contributed by atoms with van der Waals surface area (Å²) in [5.41, 5.74) is 0.450. The Bertz CT molecular complexity index is 720. The first-order chi connectivity index (χ1) is 14.6. The summed E-state index contributed by atoms with van der Waals surface area (Å²) in [7, 11) is 0. The number of hydrogen-bond acceptors (Lipinski definition) is 5. The minimum absolute atomic E-state index is 0.128. The van der Waals surface area contributed by atoms with E-state index in [-0.39, 0.29) is 17.2 Å². The van der Waals surface area contributed by atoms with Crippen LogP contribution in [0.15, 0.2) is 6.20 Å².